The third-order valence-electron chi connectivity index (χ3n) is 6.03. The number of benzene rings is 2. The van der Waals surface area contributed by atoms with Gasteiger partial charge < -0.3 is 25.4 Å². The number of H-pyrrole nitrogens is 1. The molecule has 1 atom stereocenters. The van der Waals surface area contributed by atoms with Crippen LogP contribution in [-0.4, -0.2) is 46.7 Å². The molecule has 12 heteroatoms. The van der Waals surface area contributed by atoms with E-state index in [4.69, 9.17) is 4.52 Å². The summed E-state index contributed by atoms with van der Waals surface area (Å²) >= 11 is 0. The summed E-state index contributed by atoms with van der Waals surface area (Å²) in [6.45, 7) is 5.47. The number of rotatable bonds is 9. The summed E-state index contributed by atoms with van der Waals surface area (Å²) in [5.41, 5.74) is 1.24. The molecule has 3 heterocycles. The van der Waals surface area contributed by atoms with Gasteiger partial charge in [0, 0.05) is 18.4 Å². The van der Waals surface area contributed by atoms with Crippen molar-refractivity contribution >= 4 is 28.4 Å². The average molecular weight is 517 g/mol. The van der Waals surface area contributed by atoms with E-state index in [1.807, 2.05) is 43.3 Å². The molecule has 0 aliphatic heterocycles. The number of hydrogen-bond donors (Lipinski definition) is 5. The van der Waals surface area contributed by atoms with E-state index in [0.717, 1.165) is 11.1 Å². The Morgan fingerprint density at radius 2 is 1.95 bits per heavy atom. The predicted octanol–water partition coefficient (Wildman–Crippen LogP) is 3.31. The number of aliphatic hydroxyl groups is 2. The second-order valence-corrected chi connectivity index (χ2v) is 9.27. The van der Waals surface area contributed by atoms with Gasteiger partial charge in [0.15, 0.2) is 0 Å². The van der Waals surface area contributed by atoms with Crippen LogP contribution in [0, 0.1) is 0 Å². The molecule has 196 valence electrons. The average Bonchev–Trinajstić information content (AvgIpc) is 3.53. The summed E-state index contributed by atoms with van der Waals surface area (Å²) in [7, 11) is 0. The lowest BCUT2D eigenvalue weighted by Gasteiger charge is -2.19. The van der Waals surface area contributed by atoms with Crippen molar-refractivity contribution in [2.24, 2.45) is 0 Å². The summed E-state index contributed by atoms with van der Waals surface area (Å²) in [5, 5.41) is 34.1. The Morgan fingerprint density at radius 1 is 1.16 bits per heavy atom. The zero-order chi connectivity index (χ0) is 26.9. The maximum absolute atomic E-state index is 12.2. The minimum absolute atomic E-state index is 0.113. The summed E-state index contributed by atoms with van der Waals surface area (Å²) < 4.78 is 7.18. The summed E-state index contributed by atoms with van der Waals surface area (Å²) in [5.74, 6) is 0.832. The Balaban J connectivity index is 1.53. The number of aromatic nitrogens is 6. The fraction of sp³-hybridized carbons (Fsp3) is 0.269. The molecule has 2 aromatic carbocycles. The second-order valence-electron chi connectivity index (χ2n) is 9.27. The van der Waals surface area contributed by atoms with Crippen LogP contribution in [0.4, 0.5) is 17.5 Å². The Kier molecular flexibility index (Phi) is 6.66. The van der Waals surface area contributed by atoms with E-state index in [2.05, 4.69) is 35.8 Å². The van der Waals surface area contributed by atoms with Crippen LogP contribution in [0.5, 0.6) is 0 Å². The molecular formula is C26H28N8O4. The van der Waals surface area contributed by atoms with Crippen molar-refractivity contribution in [3.8, 4) is 11.5 Å². The second kappa shape index (κ2) is 10.1. The first-order valence-corrected chi connectivity index (χ1v) is 12.1. The van der Waals surface area contributed by atoms with Gasteiger partial charge >= 0.3 is 0 Å². The fourth-order valence-corrected chi connectivity index (χ4v) is 4.02. The van der Waals surface area contributed by atoms with Crippen LogP contribution in [0.15, 0.2) is 64.0 Å². The van der Waals surface area contributed by atoms with E-state index in [1.54, 1.807) is 30.7 Å². The molecule has 12 nitrogen and oxygen atoms in total. The largest absolute Gasteiger partial charge is 0.394 e. The summed E-state index contributed by atoms with van der Waals surface area (Å²) in [6.07, 6.45) is 1.52. The SMILES string of the molecule is CCn1[nH]c(=O)c2ccc(Nc3ncc(-c4nc(C(C)(C)O)no4)c(N[C@H](CO)c4ccccc4)n3)cc21. The molecule has 3 aromatic heterocycles. The lowest BCUT2D eigenvalue weighted by molar-refractivity contribution is 0.0661. The van der Waals surface area contributed by atoms with E-state index in [1.165, 1.54) is 6.20 Å². The first-order chi connectivity index (χ1) is 18.3. The minimum atomic E-state index is -1.30. The molecule has 0 unspecified atom stereocenters. The molecule has 0 aliphatic carbocycles. The van der Waals surface area contributed by atoms with E-state index in [0.29, 0.717) is 29.0 Å². The number of aliphatic hydroxyl groups excluding tert-OH is 1. The van der Waals surface area contributed by atoms with Crippen LogP contribution in [0.1, 0.15) is 38.2 Å². The Bertz CT molecular complexity index is 1620. The van der Waals surface area contributed by atoms with E-state index in [-0.39, 0.29) is 29.8 Å². The molecule has 0 saturated carbocycles. The van der Waals surface area contributed by atoms with Gasteiger partial charge in [-0.3, -0.25) is 14.6 Å². The summed E-state index contributed by atoms with van der Waals surface area (Å²) in [6, 6.07) is 14.3. The lowest BCUT2D eigenvalue weighted by Crippen LogP contribution is -2.18. The zero-order valence-corrected chi connectivity index (χ0v) is 21.1. The molecule has 0 spiro atoms. The maximum Gasteiger partial charge on any atom is 0.271 e. The molecule has 0 bridgehead atoms. The van der Waals surface area contributed by atoms with Crippen LogP contribution in [0.3, 0.4) is 0 Å². The smallest absolute Gasteiger partial charge is 0.271 e. The molecule has 0 aliphatic rings. The van der Waals surface area contributed by atoms with Crippen molar-refractivity contribution in [2.45, 2.75) is 39.0 Å². The molecule has 0 radical (unpaired) electrons. The lowest BCUT2D eigenvalue weighted by atomic mass is 10.1. The quantitative estimate of drug-likeness (QED) is 0.196. The number of hydrogen-bond acceptors (Lipinski definition) is 10. The van der Waals surface area contributed by atoms with Crippen molar-refractivity contribution in [2.75, 3.05) is 17.2 Å². The van der Waals surface area contributed by atoms with Crippen molar-refractivity contribution in [3.63, 3.8) is 0 Å². The normalized spacial score (nSPS) is 12.6. The Morgan fingerprint density at radius 3 is 2.63 bits per heavy atom. The molecule has 0 saturated heterocycles. The van der Waals surface area contributed by atoms with Gasteiger partial charge in [-0.15, -0.1) is 0 Å². The van der Waals surface area contributed by atoms with Crippen LogP contribution in [0.2, 0.25) is 0 Å². The van der Waals surface area contributed by atoms with Crippen molar-refractivity contribution in [3.05, 3.63) is 76.5 Å². The maximum atomic E-state index is 12.2. The van der Waals surface area contributed by atoms with Gasteiger partial charge in [0.2, 0.25) is 11.8 Å². The number of fused-ring (bicyclic) bond motifs is 1. The molecule has 5 rings (SSSR count). The third-order valence-corrected chi connectivity index (χ3v) is 6.03. The molecule has 0 amide bonds. The summed E-state index contributed by atoms with van der Waals surface area (Å²) in [4.78, 5) is 25.6. The Hall–Kier alpha value is -4.55. The van der Waals surface area contributed by atoms with E-state index >= 15 is 0 Å². The van der Waals surface area contributed by atoms with Gasteiger partial charge in [-0.2, -0.15) is 9.97 Å². The van der Waals surface area contributed by atoms with Crippen LogP contribution in [-0.2, 0) is 12.1 Å². The van der Waals surface area contributed by atoms with Crippen molar-refractivity contribution in [1.29, 1.82) is 0 Å². The number of aryl methyl sites for hydroxylation is 1. The highest BCUT2D eigenvalue weighted by atomic mass is 16.5. The number of aromatic amines is 1. The highest BCUT2D eigenvalue weighted by molar-refractivity contribution is 5.83. The van der Waals surface area contributed by atoms with Gasteiger partial charge in [-0.1, -0.05) is 35.5 Å². The van der Waals surface area contributed by atoms with Crippen molar-refractivity contribution < 1.29 is 14.7 Å². The fourth-order valence-electron chi connectivity index (χ4n) is 4.02. The molecular weight excluding hydrogens is 488 g/mol. The minimum Gasteiger partial charge on any atom is -0.394 e. The highest BCUT2D eigenvalue weighted by Crippen LogP contribution is 2.31. The Labute approximate surface area is 217 Å². The molecule has 5 aromatic rings. The standard InChI is InChI=1S/C26H28N8O4/c1-4-34-20-12-16(10-11-17(20)22(36)32-34)28-25-27-13-18(23-31-24(33-38-23)26(2,3)37)21(30-25)29-19(14-35)15-8-6-5-7-9-15/h5-13,19,35,37H,4,14H2,1-3H3,(H,32,36)(H2,27,28,29,30)/t19-/m1/s1. The predicted molar refractivity (Wildman–Crippen MR) is 142 cm³/mol. The first-order valence-electron chi connectivity index (χ1n) is 12.1. The number of nitrogens with one attached hydrogen (secondary N) is 3. The van der Waals surface area contributed by atoms with Gasteiger partial charge in [0.25, 0.3) is 11.4 Å². The monoisotopic (exact) mass is 516 g/mol. The van der Waals surface area contributed by atoms with Crippen LogP contribution in [0.25, 0.3) is 22.4 Å². The van der Waals surface area contributed by atoms with Gasteiger partial charge in [-0.05, 0) is 44.5 Å². The van der Waals surface area contributed by atoms with Gasteiger partial charge in [0.05, 0.1) is 23.6 Å². The van der Waals surface area contributed by atoms with E-state index in [9.17, 15) is 15.0 Å². The van der Waals surface area contributed by atoms with Gasteiger partial charge in [0.1, 0.15) is 17.0 Å². The number of anilines is 3. The topological polar surface area (TPSA) is 167 Å². The molecule has 5 N–H and O–H groups in total. The van der Waals surface area contributed by atoms with Crippen LogP contribution < -0.4 is 16.2 Å². The molecule has 0 fully saturated rings. The zero-order valence-electron chi connectivity index (χ0n) is 21.1. The first kappa shape index (κ1) is 25.1. The highest BCUT2D eigenvalue weighted by Gasteiger charge is 2.26. The van der Waals surface area contributed by atoms with Crippen LogP contribution >= 0.6 is 0 Å². The van der Waals surface area contributed by atoms with Crippen molar-refractivity contribution in [1.82, 2.24) is 29.9 Å². The van der Waals surface area contributed by atoms with E-state index < -0.39 is 11.6 Å². The van der Waals surface area contributed by atoms with Gasteiger partial charge in [-0.25, -0.2) is 4.98 Å². The number of nitrogens with zero attached hydrogens (tertiary/aromatic N) is 5. The third kappa shape index (κ3) is 4.99. The molecule has 38 heavy (non-hydrogen) atoms.